The van der Waals surface area contributed by atoms with Gasteiger partial charge in [-0.2, -0.15) is 0 Å². The van der Waals surface area contributed by atoms with Gasteiger partial charge in [0.15, 0.2) is 0 Å². The van der Waals surface area contributed by atoms with E-state index in [1.54, 1.807) is 0 Å². The van der Waals surface area contributed by atoms with Gasteiger partial charge in [-0.15, -0.1) is 0 Å². The SMILES string of the molecule is CCC(N)(CC)CNC(C)C. The molecule has 0 heterocycles. The molecule has 0 atom stereocenters. The van der Waals surface area contributed by atoms with Crippen LogP contribution in [0.15, 0.2) is 0 Å². The van der Waals surface area contributed by atoms with E-state index in [0.29, 0.717) is 6.04 Å². The Kier molecular flexibility index (Phi) is 4.69. The molecule has 0 aliphatic carbocycles. The first-order chi connectivity index (χ1) is 5.04. The first-order valence-electron chi connectivity index (χ1n) is 4.56. The van der Waals surface area contributed by atoms with E-state index >= 15 is 0 Å². The minimum atomic E-state index is 0.00424. The lowest BCUT2D eigenvalue weighted by Gasteiger charge is -2.28. The Morgan fingerprint density at radius 3 is 2.00 bits per heavy atom. The average Bonchev–Trinajstić information content (AvgIpc) is 2.00. The summed E-state index contributed by atoms with van der Waals surface area (Å²) < 4.78 is 0. The van der Waals surface area contributed by atoms with Crippen LogP contribution in [0.25, 0.3) is 0 Å². The second kappa shape index (κ2) is 4.73. The summed E-state index contributed by atoms with van der Waals surface area (Å²) in [6.45, 7) is 9.51. The number of nitrogens with two attached hydrogens (primary N) is 1. The van der Waals surface area contributed by atoms with E-state index in [4.69, 9.17) is 5.73 Å². The highest BCUT2D eigenvalue weighted by atomic mass is 14.9. The molecule has 2 nitrogen and oxygen atoms in total. The Labute approximate surface area is 70.5 Å². The number of hydrogen-bond acceptors (Lipinski definition) is 2. The Morgan fingerprint density at radius 1 is 1.27 bits per heavy atom. The molecule has 0 aromatic carbocycles. The Morgan fingerprint density at radius 2 is 1.73 bits per heavy atom. The van der Waals surface area contributed by atoms with Crippen LogP contribution in [0.3, 0.4) is 0 Å². The van der Waals surface area contributed by atoms with Gasteiger partial charge >= 0.3 is 0 Å². The van der Waals surface area contributed by atoms with Crippen LogP contribution in [-0.2, 0) is 0 Å². The predicted octanol–water partition coefficient (Wildman–Crippen LogP) is 1.50. The normalized spacial score (nSPS) is 12.5. The smallest absolute Gasteiger partial charge is 0.0275 e. The molecule has 68 valence electrons. The molecule has 0 aromatic heterocycles. The van der Waals surface area contributed by atoms with Crippen molar-refractivity contribution < 1.29 is 0 Å². The summed E-state index contributed by atoms with van der Waals surface area (Å²) in [5, 5.41) is 3.36. The molecule has 11 heavy (non-hydrogen) atoms. The molecule has 0 radical (unpaired) electrons. The van der Waals surface area contributed by atoms with Crippen LogP contribution in [0, 0.1) is 0 Å². The molecule has 3 N–H and O–H groups in total. The van der Waals surface area contributed by atoms with Gasteiger partial charge in [0.25, 0.3) is 0 Å². The van der Waals surface area contributed by atoms with E-state index in [9.17, 15) is 0 Å². The number of hydrogen-bond donors (Lipinski definition) is 2. The summed E-state index contributed by atoms with van der Waals surface area (Å²) in [5.41, 5.74) is 6.09. The maximum Gasteiger partial charge on any atom is 0.0275 e. The maximum atomic E-state index is 6.08. The molecule has 0 fully saturated rings. The van der Waals surface area contributed by atoms with Crippen LogP contribution in [-0.4, -0.2) is 18.1 Å². The molecule has 0 aliphatic rings. The lowest BCUT2D eigenvalue weighted by molar-refractivity contribution is 0.356. The average molecular weight is 158 g/mol. The molecule has 0 aromatic rings. The molecule has 0 spiro atoms. The van der Waals surface area contributed by atoms with E-state index in [1.807, 2.05) is 0 Å². The zero-order chi connectivity index (χ0) is 8.91. The van der Waals surface area contributed by atoms with Crippen LogP contribution in [0.2, 0.25) is 0 Å². The van der Waals surface area contributed by atoms with E-state index in [0.717, 1.165) is 19.4 Å². The van der Waals surface area contributed by atoms with Crippen molar-refractivity contribution in [1.29, 1.82) is 0 Å². The van der Waals surface area contributed by atoms with Crippen LogP contribution < -0.4 is 11.1 Å². The molecule has 0 saturated carbocycles. The molecule has 0 bridgehead atoms. The van der Waals surface area contributed by atoms with Gasteiger partial charge in [-0.3, -0.25) is 0 Å². The highest BCUT2D eigenvalue weighted by Gasteiger charge is 2.19. The summed E-state index contributed by atoms with van der Waals surface area (Å²) >= 11 is 0. The van der Waals surface area contributed by atoms with E-state index < -0.39 is 0 Å². The third-order valence-electron chi connectivity index (χ3n) is 2.27. The highest BCUT2D eigenvalue weighted by Crippen LogP contribution is 2.09. The fourth-order valence-corrected chi connectivity index (χ4v) is 0.907. The van der Waals surface area contributed by atoms with Crippen molar-refractivity contribution >= 4 is 0 Å². The van der Waals surface area contributed by atoms with Crippen LogP contribution in [0.1, 0.15) is 40.5 Å². The van der Waals surface area contributed by atoms with Crippen molar-refractivity contribution in [2.45, 2.75) is 52.1 Å². The number of rotatable bonds is 5. The standard InChI is InChI=1S/C9H22N2/c1-5-9(10,6-2)7-11-8(3)4/h8,11H,5-7,10H2,1-4H3. The van der Waals surface area contributed by atoms with Crippen molar-refractivity contribution in [3.8, 4) is 0 Å². The molecule has 0 saturated heterocycles. The molecule has 0 rings (SSSR count). The molecular formula is C9H22N2. The molecule has 0 aliphatic heterocycles. The van der Waals surface area contributed by atoms with Crippen LogP contribution >= 0.6 is 0 Å². The second-order valence-corrected chi connectivity index (χ2v) is 3.61. The topological polar surface area (TPSA) is 38.0 Å². The van der Waals surface area contributed by atoms with E-state index in [2.05, 4.69) is 33.0 Å². The monoisotopic (exact) mass is 158 g/mol. The van der Waals surface area contributed by atoms with Gasteiger partial charge in [-0.25, -0.2) is 0 Å². The lowest BCUT2D eigenvalue weighted by atomic mass is 9.94. The summed E-state index contributed by atoms with van der Waals surface area (Å²) in [6.07, 6.45) is 2.09. The highest BCUT2D eigenvalue weighted by molar-refractivity contribution is 4.83. The van der Waals surface area contributed by atoms with Gasteiger partial charge in [0.05, 0.1) is 0 Å². The molecular weight excluding hydrogens is 136 g/mol. The van der Waals surface area contributed by atoms with E-state index in [-0.39, 0.29) is 5.54 Å². The summed E-state index contributed by atoms with van der Waals surface area (Å²) in [6, 6.07) is 0.538. The molecule has 0 unspecified atom stereocenters. The fraction of sp³-hybridized carbons (Fsp3) is 1.00. The van der Waals surface area contributed by atoms with E-state index in [1.165, 1.54) is 0 Å². The minimum Gasteiger partial charge on any atom is -0.324 e. The molecule has 0 amide bonds. The summed E-state index contributed by atoms with van der Waals surface area (Å²) in [5.74, 6) is 0. The van der Waals surface area contributed by atoms with Crippen molar-refractivity contribution in [2.24, 2.45) is 5.73 Å². The van der Waals surface area contributed by atoms with Gasteiger partial charge in [0.2, 0.25) is 0 Å². The largest absolute Gasteiger partial charge is 0.324 e. The minimum absolute atomic E-state index is 0.00424. The summed E-state index contributed by atoms with van der Waals surface area (Å²) in [4.78, 5) is 0. The van der Waals surface area contributed by atoms with Gasteiger partial charge in [0.1, 0.15) is 0 Å². The quantitative estimate of drug-likeness (QED) is 0.636. The zero-order valence-corrected chi connectivity index (χ0v) is 8.28. The molecule has 2 heteroatoms. The Bertz CT molecular complexity index is 95.7. The maximum absolute atomic E-state index is 6.08. The summed E-state index contributed by atoms with van der Waals surface area (Å²) in [7, 11) is 0. The lowest BCUT2D eigenvalue weighted by Crippen LogP contribution is -2.49. The van der Waals surface area contributed by atoms with Crippen molar-refractivity contribution in [2.75, 3.05) is 6.54 Å². The van der Waals surface area contributed by atoms with Gasteiger partial charge in [-0.1, -0.05) is 27.7 Å². The fourth-order valence-electron chi connectivity index (χ4n) is 0.907. The Hall–Kier alpha value is -0.0800. The van der Waals surface area contributed by atoms with Crippen molar-refractivity contribution in [1.82, 2.24) is 5.32 Å². The van der Waals surface area contributed by atoms with Crippen molar-refractivity contribution in [3.05, 3.63) is 0 Å². The first kappa shape index (κ1) is 10.9. The first-order valence-corrected chi connectivity index (χ1v) is 4.56. The predicted molar refractivity (Wildman–Crippen MR) is 50.6 cm³/mol. The Balaban J connectivity index is 3.69. The third kappa shape index (κ3) is 4.38. The van der Waals surface area contributed by atoms with Gasteiger partial charge in [0, 0.05) is 18.1 Å². The zero-order valence-electron chi connectivity index (χ0n) is 8.28. The third-order valence-corrected chi connectivity index (χ3v) is 2.27. The van der Waals surface area contributed by atoms with Crippen LogP contribution in [0.5, 0.6) is 0 Å². The van der Waals surface area contributed by atoms with Gasteiger partial charge < -0.3 is 11.1 Å². The number of nitrogens with one attached hydrogen (secondary N) is 1. The van der Waals surface area contributed by atoms with Crippen molar-refractivity contribution in [3.63, 3.8) is 0 Å². The van der Waals surface area contributed by atoms with Gasteiger partial charge in [-0.05, 0) is 12.8 Å². The van der Waals surface area contributed by atoms with Crippen LogP contribution in [0.4, 0.5) is 0 Å². The second-order valence-electron chi connectivity index (χ2n) is 3.61.